The molecule has 0 saturated carbocycles. The first-order valence-corrected chi connectivity index (χ1v) is 7.25. The summed E-state index contributed by atoms with van der Waals surface area (Å²) in [5.41, 5.74) is 6.16. The predicted octanol–water partition coefficient (Wildman–Crippen LogP) is 2.25. The number of nitrogens with two attached hydrogens (primary N) is 1. The lowest BCUT2D eigenvalue weighted by atomic mass is 9.88. The Kier molecular flexibility index (Phi) is 6.45. The molecular weight excluding hydrogens is 212 g/mol. The molecule has 0 spiro atoms. The highest BCUT2D eigenvalue weighted by molar-refractivity contribution is 4.94. The standard InChI is InChI=1S/C14H30N2O/c1-4-13(5-2)10-16(6-3)14(11-15)8-7-9-17-12-14/h13H,4-12,15H2,1-3H3. The van der Waals surface area contributed by atoms with Gasteiger partial charge in [-0.1, -0.05) is 33.6 Å². The van der Waals surface area contributed by atoms with E-state index in [2.05, 4.69) is 25.7 Å². The number of likely N-dealkylation sites (N-methyl/N-ethyl adjacent to an activating group) is 1. The number of nitrogens with zero attached hydrogens (tertiary/aromatic N) is 1. The van der Waals surface area contributed by atoms with E-state index in [1.165, 1.54) is 25.8 Å². The number of ether oxygens (including phenoxy) is 1. The molecule has 3 nitrogen and oxygen atoms in total. The molecule has 0 aromatic heterocycles. The van der Waals surface area contributed by atoms with E-state index in [0.29, 0.717) is 0 Å². The summed E-state index contributed by atoms with van der Waals surface area (Å²) in [4.78, 5) is 2.57. The van der Waals surface area contributed by atoms with Crippen molar-refractivity contribution in [3.8, 4) is 0 Å². The smallest absolute Gasteiger partial charge is 0.0662 e. The Hall–Kier alpha value is -0.120. The zero-order valence-electron chi connectivity index (χ0n) is 11.9. The van der Waals surface area contributed by atoms with Crippen LogP contribution in [-0.2, 0) is 4.74 Å². The summed E-state index contributed by atoms with van der Waals surface area (Å²) in [6, 6.07) is 0. The van der Waals surface area contributed by atoms with Gasteiger partial charge in [-0.2, -0.15) is 0 Å². The van der Waals surface area contributed by atoms with Crippen LogP contribution in [0.1, 0.15) is 46.5 Å². The molecule has 0 aliphatic carbocycles. The van der Waals surface area contributed by atoms with Gasteiger partial charge in [0.25, 0.3) is 0 Å². The summed E-state index contributed by atoms with van der Waals surface area (Å²) in [6.45, 7) is 11.5. The van der Waals surface area contributed by atoms with Crippen LogP contribution in [-0.4, -0.2) is 43.3 Å². The van der Waals surface area contributed by atoms with E-state index in [0.717, 1.165) is 38.6 Å². The van der Waals surface area contributed by atoms with E-state index in [9.17, 15) is 0 Å². The van der Waals surface area contributed by atoms with Crippen LogP contribution in [0.2, 0.25) is 0 Å². The Morgan fingerprint density at radius 1 is 1.29 bits per heavy atom. The van der Waals surface area contributed by atoms with Crippen molar-refractivity contribution < 1.29 is 4.74 Å². The van der Waals surface area contributed by atoms with Crippen molar-refractivity contribution >= 4 is 0 Å². The van der Waals surface area contributed by atoms with Crippen molar-refractivity contribution in [2.24, 2.45) is 11.7 Å². The average Bonchev–Trinajstić information content (AvgIpc) is 2.41. The van der Waals surface area contributed by atoms with Crippen molar-refractivity contribution in [2.75, 3.05) is 32.8 Å². The van der Waals surface area contributed by atoms with E-state index >= 15 is 0 Å². The van der Waals surface area contributed by atoms with Gasteiger partial charge in [0, 0.05) is 19.7 Å². The minimum atomic E-state index is 0.107. The van der Waals surface area contributed by atoms with Crippen molar-refractivity contribution in [1.29, 1.82) is 0 Å². The molecule has 1 rings (SSSR count). The number of hydrogen-bond acceptors (Lipinski definition) is 3. The van der Waals surface area contributed by atoms with Gasteiger partial charge in [0.15, 0.2) is 0 Å². The van der Waals surface area contributed by atoms with Gasteiger partial charge in [0.2, 0.25) is 0 Å². The quantitative estimate of drug-likeness (QED) is 0.744. The summed E-state index contributed by atoms with van der Waals surface area (Å²) < 4.78 is 5.69. The minimum Gasteiger partial charge on any atom is -0.379 e. The van der Waals surface area contributed by atoms with E-state index in [1.54, 1.807) is 0 Å². The van der Waals surface area contributed by atoms with Gasteiger partial charge in [0.05, 0.1) is 12.1 Å². The normalized spacial score (nSPS) is 25.8. The molecule has 0 bridgehead atoms. The highest BCUT2D eigenvalue weighted by atomic mass is 16.5. The van der Waals surface area contributed by atoms with Gasteiger partial charge < -0.3 is 10.5 Å². The van der Waals surface area contributed by atoms with Crippen LogP contribution >= 0.6 is 0 Å². The number of rotatable bonds is 7. The third-order valence-corrected chi connectivity index (χ3v) is 4.37. The SMILES string of the molecule is CCC(CC)CN(CC)C1(CN)CCCOC1. The molecule has 1 aliphatic heterocycles. The fourth-order valence-electron chi connectivity index (χ4n) is 2.89. The molecule has 1 saturated heterocycles. The summed E-state index contributed by atoms with van der Waals surface area (Å²) in [6.07, 6.45) is 4.86. The van der Waals surface area contributed by atoms with Crippen LogP contribution in [0.3, 0.4) is 0 Å². The van der Waals surface area contributed by atoms with Crippen molar-refractivity contribution in [3.05, 3.63) is 0 Å². The molecule has 1 aliphatic rings. The van der Waals surface area contributed by atoms with Crippen molar-refractivity contribution in [1.82, 2.24) is 4.90 Å². The fraction of sp³-hybridized carbons (Fsp3) is 1.00. The largest absolute Gasteiger partial charge is 0.379 e. The first kappa shape index (κ1) is 14.9. The second-order valence-corrected chi connectivity index (χ2v) is 5.31. The molecule has 1 atom stereocenters. The molecule has 0 amide bonds. The molecule has 17 heavy (non-hydrogen) atoms. The van der Waals surface area contributed by atoms with Crippen LogP contribution < -0.4 is 5.73 Å². The molecule has 0 aromatic rings. The molecular formula is C14H30N2O. The maximum atomic E-state index is 6.05. The van der Waals surface area contributed by atoms with E-state index in [4.69, 9.17) is 10.5 Å². The Morgan fingerprint density at radius 2 is 2.00 bits per heavy atom. The molecule has 0 aromatic carbocycles. The van der Waals surface area contributed by atoms with E-state index < -0.39 is 0 Å². The van der Waals surface area contributed by atoms with Gasteiger partial charge >= 0.3 is 0 Å². The maximum absolute atomic E-state index is 6.05. The highest BCUT2D eigenvalue weighted by Gasteiger charge is 2.37. The second kappa shape index (κ2) is 7.34. The van der Waals surface area contributed by atoms with Gasteiger partial charge in [-0.3, -0.25) is 4.90 Å². The van der Waals surface area contributed by atoms with Gasteiger partial charge in [-0.05, 0) is 25.3 Å². The van der Waals surface area contributed by atoms with Crippen LogP contribution in [0.5, 0.6) is 0 Å². The van der Waals surface area contributed by atoms with Crippen LogP contribution in [0, 0.1) is 5.92 Å². The van der Waals surface area contributed by atoms with Gasteiger partial charge in [-0.15, -0.1) is 0 Å². The lowest BCUT2D eigenvalue weighted by Gasteiger charge is -2.46. The summed E-state index contributed by atoms with van der Waals surface area (Å²) in [5, 5.41) is 0. The Morgan fingerprint density at radius 3 is 2.41 bits per heavy atom. The Balaban J connectivity index is 2.67. The molecule has 0 radical (unpaired) electrons. The van der Waals surface area contributed by atoms with Gasteiger partial charge in [-0.25, -0.2) is 0 Å². The Labute approximate surface area is 107 Å². The van der Waals surface area contributed by atoms with Gasteiger partial charge in [0.1, 0.15) is 0 Å². The van der Waals surface area contributed by atoms with Crippen LogP contribution in [0.15, 0.2) is 0 Å². The monoisotopic (exact) mass is 242 g/mol. The summed E-state index contributed by atoms with van der Waals surface area (Å²) >= 11 is 0. The first-order valence-electron chi connectivity index (χ1n) is 7.25. The third-order valence-electron chi connectivity index (χ3n) is 4.37. The average molecular weight is 242 g/mol. The molecule has 102 valence electrons. The van der Waals surface area contributed by atoms with Crippen molar-refractivity contribution in [2.45, 2.75) is 52.0 Å². The van der Waals surface area contributed by atoms with E-state index in [-0.39, 0.29) is 5.54 Å². The minimum absolute atomic E-state index is 0.107. The lowest BCUT2D eigenvalue weighted by Crippen LogP contribution is -2.59. The molecule has 1 heterocycles. The highest BCUT2D eigenvalue weighted by Crippen LogP contribution is 2.27. The molecule has 2 N–H and O–H groups in total. The first-order chi connectivity index (χ1) is 8.22. The molecule has 1 fully saturated rings. The zero-order valence-corrected chi connectivity index (χ0v) is 11.9. The predicted molar refractivity (Wildman–Crippen MR) is 73.2 cm³/mol. The van der Waals surface area contributed by atoms with Crippen LogP contribution in [0.4, 0.5) is 0 Å². The number of hydrogen-bond donors (Lipinski definition) is 1. The Bertz CT molecular complexity index is 198. The molecule has 3 heteroatoms. The second-order valence-electron chi connectivity index (χ2n) is 5.31. The molecule has 1 unspecified atom stereocenters. The fourth-order valence-corrected chi connectivity index (χ4v) is 2.89. The van der Waals surface area contributed by atoms with E-state index in [1.807, 2.05) is 0 Å². The third kappa shape index (κ3) is 3.67. The maximum Gasteiger partial charge on any atom is 0.0662 e. The van der Waals surface area contributed by atoms with Crippen LogP contribution in [0.25, 0.3) is 0 Å². The topological polar surface area (TPSA) is 38.5 Å². The summed E-state index contributed by atoms with van der Waals surface area (Å²) in [5.74, 6) is 0.792. The van der Waals surface area contributed by atoms with Crippen molar-refractivity contribution in [3.63, 3.8) is 0 Å². The lowest BCUT2D eigenvalue weighted by molar-refractivity contribution is -0.0489. The zero-order chi connectivity index (χ0) is 12.7. The summed E-state index contributed by atoms with van der Waals surface area (Å²) in [7, 11) is 0.